The molecule has 0 aliphatic carbocycles. The molecule has 0 atom stereocenters. The van der Waals surface area contributed by atoms with Crippen LogP contribution in [0.3, 0.4) is 0 Å². The molecule has 0 spiro atoms. The topological polar surface area (TPSA) is 80.6 Å². The van der Waals surface area contributed by atoms with Crippen LogP contribution < -0.4 is 15.6 Å². The second-order valence-corrected chi connectivity index (χ2v) is 3.65. The molecule has 0 aliphatic rings. The van der Waals surface area contributed by atoms with Gasteiger partial charge in [0.15, 0.2) is 0 Å². The molecule has 1 aromatic heterocycles. The van der Waals surface area contributed by atoms with Crippen LogP contribution >= 0.6 is 0 Å². The smallest absolute Gasteiger partial charge is 0.272 e. The first-order chi connectivity index (χ1) is 9.20. The predicted molar refractivity (Wildman–Crippen MR) is 66.6 cm³/mol. The largest absolute Gasteiger partial charge is 0.497 e. The van der Waals surface area contributed by atoms with E-state index in [1.54, 1.807) is 24.3 Å². The van der Waals surface area contributed by atoms with Gasteiger partial charge in [-0.05, 0) is 24.3 Å². The van der Waals surface area contributed by atoms with Gasteiger partial charge in [-0.1, -0.05) is 6.07 Å². The Morgan fingerprint density at radius 2 is 1.84 bits per heavy atom. The summed E-state index contributed by atoms with van der Waals surface area (Å²) >= 11 is 0. The lowest BCUT2D eigenvalue weighted by atomic mass is 10.2. The minimum absolute atomic E-state index is 0.325. The summed E-state index contributed by atoms with van der Waals surface area (Å²) < 4.78 is 9.78. The first-order valence-electron chi connectivity index (χ1n) is 5.47. The van der Waals surface area contributed by atoms with Crippen molar-refractivity contribution in [1.29, 1.82) is 0 Å². The minimum Gasteiger partial charge on any atom is -0.497 e. The van der Waals surface area contributed by atoms with Gasteiger partial charge in [0, 0.05) is 5.56 Å². The lowest BCUT2D eigenvalue weighted by Crippen LogP contribution is -2.41. The van der Waals surface area contributed by atoms with Crippen LogP contribution in [-0.4, -0.2) is 18.9 Å². The molecule has 0 aliphatic heterocycles. The zero-order valence-corrected chi connectivity index (χ0v) is 10.2. The van der Waals surface area contributed by atoms with E-state index in [0.29, 0.717) is 16.9 Å². The third-order valence-corrected chi connectivity index (χ3v) is 2.40. The second kappa shape index (κ2) is 5.72. The van der Waals surface area contributed by atoms with Crippen molar-refractivity contribution in [2.45, 2.75) is 0 Å². The first kappa shape index (κ1) is 12.7. The van der Waals surface area contributed by atoms with Crippen LogP contribution in [0.5, 0.6) is 5.75 Å². The fraction of sp³-hybridized carbons (Fsp3) is 0.0769. The maximum Gasteiger partial charge on any atom is 0.272 e. The van der Waals surface area contributed by atoms with Crippen molar-refractivity contribution < 1.29 is 18.7 Å². The van der Waals surface area contributed by atoms with E-state index in [4.69, 9.17) is 9.15 Å². The van der Waals surface area contributed by atoms with E-state index < -0.39 is 11.8 Å². The summed E-state index contributed by atoms with van der Waals surface area (Å²) in [5.41, 5.74) is 5.29. The number of benzene rings is 1. The highest BCUT2D eigenvalue weighted by Crippen LogP contribution is 2.12. The van der Waals surface area contributed by atoms with Gasteiger partial charge >= 0.3 is 0 Å². The van der Waals surface area contributed by atoms with Crippen LogP contribution in [0.25, 0.3) is 0 Å². The molecule has 98 valence electrons. The van der Waals surface area contributed by atoms with Crippen molar-refractivity contribution in [3.63, 3.8) is 0 Å². The summed E-state index contributed by atoms with van der Waals surface area (Å²) in [6.07, 6.45) is 2.66. The molecule has 0 radical (unpaired) electrons. The Bertz CT molecular complexity index is 578. The van der Waals surface area contributed by atoms with Gasteiger partial charge in [-0.15, -0.1) is 0 Å². The summed E-state index contributed by atoms with van der Waals surface area (Å²) in [4.78, 5) is 23.3. The van der Waals surface area contributed by atoms with Crippen molar-refractivity contribution in [3.05, 3.63) is 54.0 Å². The fourth-order valence-electron chi connectivity index (χ4n) is 1.42. The van der Waals surface area contributed by atoms with Crippen molar-refractivity contribution in [3.8, 4) is 5.75 Å². The number of carbonyl (C=O) groups is 2. The van der Waals surface area contributed by atoms with Crippen LogP contribution in [0.2, 0.25) is 0 Å². The molecule has 1 heterocycles. The number of carbonyl (C=O) groups excluding carboxylic acids is 2. The second-order valence-electron chi connectivity index (χ2n) is 3.65. The molecule has 19 heavy (non-hydrogen) atoms. The van der Waals surface area contributed by atoms with Gasteiger partial charge in [-0.25, -0.2) is 0 Å². The molecule has 2 amide bonds. The van der Waals surface area contributed by atoms with E-state index >= 15 is 0 Å². The maximum absolute atomic E-state index is 11.8. The summed E-state index contributed by atoms with van der Waals surface area (Å²) in [7, 11) is 1.51. The van der Waals surface area contributed by atoms with Gasteiger partial charge in [0.1, 0.15) is 12.0 Å². The summed E-state index contributed by atoms with van der Waals surface area (Å²) in [6, 6.07) is 8.08. The zero-order chi connectivity index (χ0) is 13.7. The molecule has 0 bridgehead atoms. The number of amides is 2. The highest BCUT2D eigenvalue weighted by atomic mass is 16.5. The average Bonchev–Trinajstić information content (AvgIpc) is 2.98. The van der Waals surface area contributed by atoms with Crippen LogP contribution in [0.4, 0.5) is 0 Å². The molecule has 1 aromatic carbocycles. The third kappa shape index (κ3) is 3.12. The maximum atomic E-state index is 11.8. The minimum atomic E-state index is -0.454. The molecule has 2 aromatic rings. The number of hydrogen-bond donors (Lipinski definition) is 2. The predicted octanol–water partition coefficient (Wildman–Crippen LogP) is 1.36. The molecule has 6 heteroatoms. The van der Waals surface area contributed by atoms with Gasteiger partial charge in [0.05, 0.1) is 18.9 Å². The lowest BCUT2D eigenvalue weighted by molar-refractivity contribution is 0.0846. The molecule has 2 rings (SSSR count). The van der Waals surface area contributed by atoms with E-state index in [2.05, 4.69) is 10.9 Å². The van der Waals surface area contributed by atoms with E-state index in [0.717, 1.165) is 0 Å². The van der Waals surface area contributed by atoms with Gasteiger partial charge < -0.3 is 9.15 Å². The Morgan fingerprint density at radius 1 is 1.11 bits per heavy atom. The van der Waals surface area contributed by atoms with Crippen LogP contribution in [0.15, 0.2) is 47.3 Å². The number of hydrazine groups is 1. The number of furan rings is 1. The van der Waals surface area contributed by atoms with Crippen LogP contribution in [0, 0.1) is 0 Å². The third-order valence-electron chi connectivity index (χ3n) is 2.40. The number of nitrogens with one attached hydrogen (secondary N) is 2. The Balaban J connectivity index is 1.96. The molecular formula is C13H12N2O4. The number of methoxy groups -OCH3 is 1. The molecule has 6 nitrogen and oxygen atoms in total. The van der Waals surface area contributed by atoms with Crippen molar-refractivity contribution in [2.75, 3.05) is 7.11 Å². The van der Waals surface area contributed by atoms with Gasteiger partial charge in [-0.3, -0.25) is 20.4 Å². The standard InChI is InChI=1S/C13H12N2O4/c1-18-11-4-2-3-9(7-11)12(16)14-15-13(17)10-5-6-19-8-10/h2-8H,1H3,(H,14,16)(H,15,17). The molecule has 0 fully saturated rings. The zero-order valence-electron chi connectivity index (χ0n) is 10.2. The molecule has 0 unspecified atom stereocenters. The number of hydrogen-bond acceptors (Lipinski definition) is 4. The quantitative estimate of drug-likeness (QED) is 0.816. The van der Waals surface area contributed by atoms with E-state index in [1.165, 1.54) is 25.7 Å². The van der Waals surface area contributed by atoms with Crippen molar-refractivity contribution in [2.24, 2.45) is 0 Å². The Hall–Kier alpha value is -2.76. The molecule has 0 saturated carbocycles. The van der Waals surface area contributed by atoms with Crippen molar-refractivity contribution >= 4 is 11.8 Å². The molecule has 2 N–H and O–H groups in total. The van der Waals surface area contributed by atoms with Crippen LogP contribution in [0.1, 0.15) is 20.7 Å². The Kier molecular flexibility index (Phi) is 3.82. The first-order valence-corrected chi connectivity index (χ1v) is 5.47. The summed E-state index contributed by atoms with van der Waals surface area (Å²) in [6.45, 7) is 0. The Morgan fingerprint density at radius 3 is 2.47 bits per heavy atom. The fourth-order valence-corrected chi connectivity index (χ4v) is 1.42. The average molecular weight is 260 g/mol. The van der Waals surface area contributed by atoms with Gasteiger partial charge in [0.25, 0.3) is 11.8 Å². The normalized spacial score (nSPS) is 9.74. The van der Waals surface area contributed by atoms with E-state index in [1.807, 2.05) is 0 Å². The highest BCUT2D eigenvalue weighted by molar-refractivity contribution is 5.99. The summed E-state index contributed by atoms with van der Waals surface area (Å²) in [5.74, 6) is -0.324. The SMILES string of the molecule is COc1cccc(C(=O)NNC(=O)c2ccoc2)c1. The summed E-state index contributed by atoms with van der Waals surface area (Å²) in [5, 5.41) is 0. The molecular weight excluding hydrogens is 248 g/mol. The molecule has 0 saturated heterocycles. The van der Waals surface area contributed by atoms with E-state index in [9.17, 15) is 9.59 Å². The van der Waals surface area contributed by atoms with E-state index in [-0.39, 0.29) is 0 Å². The number of rotatable bonds is 3. The number of ether oxygens (including phenoxy) is 1. The van der Waals surface area contributed by atoms with Gasteiger partial charge in [-0.2, -0.15) is 0 Å². The Labute approximate surface area is 109 Å². The van der Waals surface area contributed by atoms with Crippen LogP contribution in [-0.2, 0) is 0 Å². The van der Waals surface area contributed by atoms with Crippen molar-refractivity contribution in [1.82, 2.24) is 10.9 Å². The highest BCUT2D eigenvalue weighted by Gasteiger charge is 2.10. The monoisotopic (exact) mass is 260 g/mol. The van der Waals surface area contributed by atoms with Gasteiger partial charge in [0.2, 0.25) is 0 Å². The lowest BCUT2D eigenvalue weighted by Gasteiger charge is -2.07.